The fourth-order valence-corrected chi connectivity index (χ4v) is 3.03. The molecule has 0 atom stereocenters. The first-order valence-electron chi connectivity index (χ1n) is 8.60. The summed E-state index contributed by atoms with van der Waals surface area (Å²) in [5, 5.41) is 4.21. The van der Waals surface area contributed by atoms with E-state index in [1.807, 2.05) is 5.32 Å². The highest BCUT2D eigenvalue weighted by atomic mass is 79.9. The van der Waals surface area contributed by atoms with Crippen LogP contribution >= 0.6 is 15.9 Å². The van der Waals surface area contributed by atoms with E-state index in [9.17, 15) is 31.5 Å². The molecular formula is C21H12BrF5N2O2. The van der Waals surface area contributed by atoms with Gasteiger partial charge in [-0.25, -0.2) is 8.78 Å². The lowest BCUT2D eigenvalue weighted by Gasteiger charge is -2.16. The Hall–Kier alpha value is -3.27. The van der Waals surface area contributed by atoms with Crippen LogP contribution in [0.1, 0.15) is 26.3 Å². The van der Waals surface area contributed by atoms with Crippen LogP contribution < -0.4 is 10.6 Å². The number of amides is 2. The molecule has 0 saturated carbocycles. The molecule has 0 radical (unpaired) electrons. The number of benzene rings is 3. The minimum atomic E-state index is -4.91. The lowest BCUT2D eigenvalue weighted by atomic mass is 10.1. The Labute approximate surface area is 181 Å². The lowest BCUT2D eigenvalue weighted by Crippen LogP contribution is -2.19. The van der Waals surface area contributed by atoms with Gasteiger partial charge in [-0.05, 0) is 48.5 Å². The van der Waals surface area contributed by atoms with E-state index >= 15 is 0 Å². The van der Waals surface area contributed by atoms with Crippen LogP contribution in [0.4, 0.5) is 33.3 Å². The summed E-state index contributed by atoms with van der Waals surface area (Å²) in [4.78, 5) is 24.5. The van der Waals surface area contributed by atoms with Crippen LogP contribution in [0.5, 0.6) is 0 Å². The van der Waals surface area contributed by atoms with Crippen LogP contribution in [0, 0.1) is 11.6 Å². The molecule has 0 saturated heterocycles. The van der Waals surface area contributed by atoms with Crippen molar-refractivity contribution in [1.29, 1.82) is 0 Å². The minimum Gasteiger partial charge on any atom is -0.322 e. The Bertz CT molecular complexity index is 1160. The number of anilines is 2. The van der Waals surface area contributed by atoms with Gasteiger partial charge in [0.05, 0.1) is 22.4 Å². The van der Waals surface area contributed by atoms with Gasteiger partial charge in [0.2, 0.25) is 0 Å². The molecule has 0 spiro atoms. The number of rotatable bonds is 4. The molecule has 2 amide bonds. The molecule has 0 aromatic heterocycles. The molecule has 31 heavy (non-hydrogen) atoms. The molecule has 0 fully saturated rings. The van der Waals surface area contributed by atoms with Crippen molar-refractivity contribution in [1.82, 2.24) is 0 Å². The third kappa shape index (κ3) is 5.26. The van der Waals surface area contributed by atoms with Crippen molar-refractivity contribution in [2.45, 2.75) is 6.18 Å². The van der Waals surface area contributed by atoms with E-state index < -0.39 is 46.4 Å². The number of nitrogens with one attached hydrogen (secondary N) is 2. The third-order valence-electron chi connectivity index (χ3n) is 4.12. The second-order valence-corrected chi connectivity index (χ2v) is 7.19. The molecule has 3 rings (SSSR count). The van der Waals surface area contributed by atoms with Crippen molar-refractivity contribution in [3.8, 4) is 0 Å². The Kier molecular flexibility index (Phi) is 6.40. The van der Waals surface area contributed by atoms with E-state index in [0.29, 0.717) is 10.5 Å². The van der Waals surface area contributed by atoms with Gasteiger partial charge in [-0.1, -0.05) is 28.1 Å². The van der Waals surface area contributed by atoms with Gasteiger partial charge in [-0.2, -0.15) is 13.2 Å². The molecule has 0 unspecified atom stereocenters. The highest BCUT2D eigenvalue weighted by Gasteiger charge is 2.34. The van der Waals surface area contributed by atoms with Gasteiger partial charge in [-0.15, -0.1) is 0 Å². The van der Waals surface area contributed by atoms with Gasteiger partial charge < -0.3 is 10.6 Å². The van der Waals surface area contributed by atoms with Gasteiger partial charge in [0.1, 0.15) is 11.6 Å². The normalized spacial score (nSPS) is 11.2. The molecule has 160 valence electrons. The SMILES string of the molecule is O=C(Nc1ccc(NC(=O)c2cc(Br)ccc2F)c(C(F)(F)F)c1)c1ccccc1F. The second kappa shape index (κ2) is 8.84. The Morgan fingerprint density at radius 2 is 1.42 bits per heavy atom. The first-order chi connectivity index (χ1) is 14.6. The standard InChI is InChI=1S/C21H12BrF5N2O2/c22-11-5-7-17(24)14(9-11)20(31)29-18-8-6-12(10-15(18)21(25,26)27)28-19(30)13-3-1-2-4-16(13)23/h1-10H,(H,28,30)(H,29,31). The number of carbonyl (C=O) groups excluding carboxylic acids is 2. The summed E-state index contributed by atoms with van der Waals surface area (Å²) in [6, 6.07) is 11.0. The number of halogens is 6. The predicted molar refractivity (Wildman–Crippen MR) is 108 cm³/mol. The molecule has 10 heteroatoms. The zero-order valence-electron chi connectivity index (χ0n) is 15.4. The molecule has 3 aromatic rings. The van der Waals surface area contributed by atoms with Crippen LogP contribution in [-0.2, 0) is 6.18 Å². The van der Waals surface area contributed by atoms with Crippen molar-refractivity contribution in [3.63, 3.8) is 0 Å². The molecule has 0 aliphatic heterocycles. The highest BCUT2D eigenvalue weighted by Crippen LogP contribution is 2.37. The van der Waals surface area contributed by atoms with Crippen molar-refractivity contribution >= 4 is 39.1 Å². The van der Waals surface area contributed by atoms with Crippen molar-refractivity contribution in [2.75, 3.05) is 10.6 Å². The maximum absolute atomic E-state index is 13.9. The van der Waals surface area contributed by atoms with Crippen molar-refractivity contribution in [2.24, 2.45) is 0 Å². The highest BCUT2D eigenvalue weighted by molar-refractivity contribution is 9.10. The number of hydrogen-bond acceptors (Lipinski definition) is 2. The van der Waals surface area contributed by atoms with Gasteiger partial charge in [0.25, 0.3) is 11.8 Å². The summed E-state index contributed by atoms with van der Waals surface area (Å²) < 4.78 is 68.6. The van der Waals surface area contributed by atoms with Gasteiger partial charge in [-0.3, -0.25) is 9.59 Å². The van der Waals surface area contributed by atoms with Crippen LogP contribution in [-0.4, -0.2) is 11.8 Å². The largest absolute Gasteiger partial charge is 0.418 e. The maximum atomic E-state index is 13.9. The lowest BCUT2D eigenvalue weighted by molar-refractivity contribution is -0.136. The zero-order valence-corrected chi connectivity index (χ0v) is 16.9. The average molecular weight is 499 g/mol. The topological polar surface area (TPSA) is 58.2 Å². The number of alkyl halides is 3. The summed E-state index contributed by atoms with van der Waals surface area (Å²) >= 11 is 3.06. The van der Waals surface area contributed by atoms with Crippen LogP contribution in [0.25, 0.3) is 0 Å². The molecule has 0 heterocycles. The van der Waals surface area contributed by atoms with Crippen LogP contribution in [0.3, 0.4) is 0 Å². The Balaban J connectivity index is 1.90. The predicted octanol–water partition coefficient (Wildman–Crippen LogP) is 6.25. The third-order valence-corrected chi connectivity index (χ3v) is 4.62. The smallest absolute Gasteiger partial charge is 0.322 e. The summed E-state index contributed by atoms with van der Waals surface area (Å²) in [5.74, 6) is -3.79. The molecule has 3 aromatic carbocycles. The van der Waals surface area contributed by atoms with E-state index in [1.54, 1.807) is 0 Å². The maximum Gasteiger partial charge on any atom is 0.418 e. The van der Waals surface area contributed by atoms with Crippen LogP contribution in [0.15, 0.2) is 65.1 Å². The fraction of sp³-hybridized carbons (Fsp3) is 0.0476. The molecule has 0 aliphatic carbocycles. The first kappa shape index (κ1) is 22.4. The second-order valence-electron chi connectivity index (χ2n) is 6.27. The van der Waals surface area contributed by atoms with Gasteiger partial charge in [0.15, 0.2) is 0 Å². The summed E-state index contributed by atoms with van der Waals surface area (Å²) in [5.41, 5.74) is -2.99. The molecule has 4 nitrogen and oxygen atoms in total. The van der Waals surface area contributed by atoms with Gasteiger partial charge >= 0.3 is 6.18 Å². The molecular weight excluding hydrogens is 487 g/mol. The Morgan fingerprint density at radius 1 is 0.774 bits per heavy atom. The number of carbonyl (C=O) groups is 2. The quantitative estimate of drug-likeness (QED) is 0.417. The fourth-order valence-electron chi connectivity index (χ4n) is 2.67. The Morgan fingerprint density at radius 3 is 2.10 bits per heavy atom. The summed E-state index contributed by atoms with van der Waals surface area (Å²) in [6.45, 7) is 0. The molecule has 0 aliphatic rings. The van der Waals surface area contributed by atoms with Crippen molar-refractivity contribution in [3.05, 3.63) is 93.5 Å². The zero-order chi connectivity index (χ0) is 22.8. The van der Waals surface area contributed by atoms with E-state index in [4.69, 9.17) is 0 Å². The average Bonchev–Trinajstić information content (AvgIpc) is 2.70. The van der Waals surface area contributed by atoms with E-state index in [1.165, 1.54) is 24.3 Å². The van der Waals surface area contributed by atoms with Gasteiger partial charge in [0, 0.05) is 10.2 Å². The number of hydrogen-bond donors (Lipinski definition) is 2. The monoisotopic (exact) mass is 498 g/mol. The molecule has 2 N–H and O–H groups in total. The summed E-state index contributed by atoms with van der Waals surface area (Å²) in [6.07, 6.45) is -4.91. The summed E-state index contributed by atoms with van der Waals surface area (Å²) in [7, 11) is 0. The van der Waals surface area contributed by atoms with E-state index in [-0.39, 0.29) is 11.3 Å². The van der Waals surface area contributed by atoms with Crippen LogP contribution in [0.2, 0.25) is 0 Å². The minimum absolute atomic E-state index is 0.271. The first-order valence-corrected chi connectivity index (χ1v) is 9.39. The van der Waals surface area contributed by atoms with E-state index in [0.717, 1.165) is 30.3 Å². The van der Waals surface area contributed by atoms with Crippen molar-refractivity contribution < 1.29 is 31.5 Å². The van der Waals surface area contributed by atoms with E-state index in [2.05, 4.69) is 21.2 Å². The molecule has 0 bridgehead atoms.